The van der Waals surface area contributed by atoms with Gasteiger partial charge in [0.05, 0.1) is 12.1 Å². The number of carboxylic acid groups (broad SMARTS) is 1. The molecule has 0 spiro atoms. The third kappa shape index (κ3) is 3.10. The van der Waals surface area contributed by atoms with Crippen molar-refractivity contribution in [2.24, 2.45) is 0 Å². The number of anilines is 1. The van der Waals surface area contributed by atoms with Crippen LogP contribution in [-0.4, -0.2) is 36.1 Å². The van der Waals surface area contributed by atoms with Crippen LogP contribution in [0.3, 0.4) is 0 Å². The first kappa shape index (κ1) is 14.4. The highest BCUT2D eigenvalue weighted by Crippen LogP contribution is 2.28. The molecule has 1 unspecified atom stereocenters. The van der Waals surface area contributed by atoms with E-state index in [0.29, 0.717) is 0 Å². The number of rotatable bonds is 5. The Balaban J connectivity index is 2.09. The molecule has 0 saturated heterocycles. The zero-order valence-corrected chi connectivity index (χ0v) is 11.8. The highest BCUT2D eigenvalue weighted by atomic mass is 16.4. The second-order valence-electron chi connectivity index (χ2n) is 5.20. The average Bonchev–Trinajstić information content (AvgIpc) is 2.80. The molecule has 0 aromatic heterocycles. The quantitative estimate of drug-likeness (QED) is 0.858. The summed E-state index contributed by atoms with van der Waals surface area (Å²) in [6.07, 6.45) is 1.75. The van der Waals surface area contributed by atoms with Crippen LogP contribution < -0.4 is 10.2 Å². The van der Waals surface area contributed by atoms with Crippen molar-refractivity contribution in [3.8, 4) is 0 Å². The minimum Gasteiger partial charge on any atom is -0.478 e. The normalized spacial score (nSPS) is 14.8. The number of benzene rings is 1. The van der Waals surface area contributed by atoms with Crippen LogP contribution in [0.2, 0.25) is 0 Å². The standard InChI is InChI=1S/C15H20N2O3/c1-3-10(2)16-14(18)9-17-7-6-11-4-5-12(15(19)20)8-13(11)17/h4-5,8,10H,3,6-7,9H2,1-2H3,(H,16,18)(H,19,20). The molecule has 1 aliphatic rings. The summed E-state index contributed by atoms with van der Waals surface area (Å²) in [5, 5.41) is 12.0. The second-order valence-corrected chi connectivity index (χ2v) is 5.20. The number of amides is 1. The Morgan fingerprint density at radius 2 is 2.20 bits per heavy atom. The molecular weight excluding hydrogens is 256 g/mol. The molecule has 2 N–H and O–H groups in total. The zero-order valence-electron chi connectivity index (χ0n) is 11.8. The number of carbonyl (C=O) groups is 2. The molecule has 1 atom stereocenters. The van der Waals surface area contributed by atoms with E-state index in [9.17, 15) is 9.59 Å². The van der Waals surface area contributed by atoms with E-state index in [1.165, 1.54) is 0 Å². The van der Waals surface area contributed by atoms with Gasteiger partial charge >= 0.3 is 5.97 Å². The van der Waals surface area contributed by atoms with Crippen molar-refractivity contribution in [1.82, 2.24) is 5.32 Å². The van der Waals surface area contributed by atoms with E-state index in [4.69, 9.17) is 5.11 Å². The minimum absolute atomic E-state index is 0.0204. The van der Waals surface area contributed by atoms with Crippen molar-refractivity contribution in [3.63, 3.8) is 0 Å². The third-order valence-electron chi connectivity index (χ3n) is 3.68. The topological polar surface area (TPSA) is 69.6 Å². The predicted octanol–water partition coefficient (Wildman–Crippen LogP) is 1.66. The maximum absolute atomic E-state index is 11.9. The zero-order chi connectivity index (χ0) is 14.7. The van der Waals surface area contributed by atoms with Crippen LogP contribution in [0.15, 0.2) is 18.2 Å². The lowest BCUT2D eigenvalue weighted by Crippen LogP contribution is -2.40. The van der Waals surface area contributed by atoms with Crippen LogP contribution in [0.5, 0.6) is 0 Å². The highest BCUT2D eigenvalue weighted by Gasteiger charge is 2.22. The molecule has 5 heteroatoms. The van der Waals surface area contributed by atoms with Crippen molar-refractivity contribution in [1.29, 1.82) is 0 Å². The van der Waals surface area contributed by atoms with Crippen LogP contribution in [-0.2, 0) is 11.2 Å². The Kier molecular flexibility index (Phi) is 4.27. The lowest BCUT2D eigenvalue weighted by atomic mass is 10.1. The molecule has 1 amide bonds. The highest BCUT2D eigenvalue weighted by molar-refractivity contribution is 5.90. The number of nitrogens with zero attached hydrogens (tertiary/aromatic N) is 1. The van der Waals surface area contributed by atoms with Crippen LogP contribution in [0.1, 0.15) is 36.2 Å². The summed E-state index contributed by atoms with van der Waals surface area (Å²) in [7, 11) is 0. The summed E-state index contributed by atoms with van der Waals surface area (Å²) >= 11 is 0. The smallest absolute Gasteiger partial charge is 0.335 e. The Labute approximate surface area is 118 Å². The Morgan fingerprint density at radius 1 is 1.45 bits per heavy atom. The lowest BCUT2D eigenvalue weighted by Gasteiger charge is -2.20. The minimum atomic E-state index is -0.941. The van der Waals surface area contributed by atoms with Crippen LogP contribution in [0.4, 0.5) is 5.69 Å². The van der Waals surface area contributed by atoms with Gasteiger partial charge in [0.25, 0.3) is 0 Å². The van der Waals surface area contributed by atoms with Crippen molar-refractivity contribution in [2.45, 2.75) is 32.7 Å². The fraction of sp³-hybridized carbons (Fsp3) is 0.467. The summed E-state index contributed by atoms with van der Waals surface area (Å²) in [5.41, 5.74) is 2.23. The number of carboxylic acids is 1. The fourth-order valence-corrected chi connectivity index (χ4v) is 2.34. The van der Waals surface area contributed by atoms with Gasteiger partial charge < -0.3 is 15.3 Å². The number of fused-ring (bicyclic) bond motifs is 1. The van der Waals surface area contributed by atoms with Gasteiger partial charge in [-0.3, -0.25) is 4.79 Å². The van der Waals surface area contributed by atoms with Gasteiger partial charge in [-0.1, -0.05) is 13.0 Å². The van der Waals surface area contributed by atoms with Gasteiger partial charge in [-0.25, -0.2) is 4.79 Å². The Bertz CT molecular complexity index is 528. The monoisotopic (exact) mass is 276 g/mol. The number of aromatic carboxylic acids is 1. The molecule has 0 saturated carbocycles. The van der Waals surface area contributed by atoms with E-state index < -0.39 is 5.97 Å². The van der Waals surface area contributed by atoms with Crippen LogP contribution >= 0.6 is 0 Å². The molecule has 0 aliphatic carbocycles. The summed E-state index contributed by atoms with van der Waals surface area (Å²) in [5.74, 6) is -0.961. The molecule has 5 nitrogen and oxygen atoms in total. The number of carbonyl (C=O) groups excluding carboxylic acids is 1. The van der Waals surface area contributed by atoms with E-state index in [2.05, 4.69) is 5.32 Å². The van der Waals surface area contributed by atoms with Gasteiger partial charge in [0.15, 0.2) is 0 Å². The van der Waals surface area contributed by atoms with Crippen LogP contribution in [0, 0.1) is 0 Å². The van der Waals surface area contributed by atoms with Gasteiger partial charge in [0.2, 0.25) is 5.91 Å². The van der Waals surface area contributed by atoms with Crippen molar-refractivity contribution in [2.75, 3.05) is 18.0 Å². The van der Waals surface area contributed by atoms with Crippen molar-refractivity contribution < 1.29 is 14.7 Å². The summed E-state index contributed by atoms with van der Waals surface area (Å²) in [6, 6.07) is 5.27. The van der Waals surface area contributed by atoms with Crippen LogP contribution in [0.25, 0.3) is 0 Å². The Morgan fingerprint density at radius 3 is 2.85 bits per heavy atom. The first-order valence-corrected chi connectivity index (χ1v) is 6.91. The number of nitrogens with one attached hydrogen (secondary N) is 1. The molecular formula is C15H20N2O3. The SMILES string of the molecule is CCC(C)NC(=O)CN1CCc2ccc(C(=O)O)cc21. The number of hydrogen-bond donors (Lipinski definition) is 2. The molecule has 1 heterocycles. The van der Waals surface area contributed by atoms with E-state index in [0.717, 1.165) is 30.6 Å². The molecule has 0 fully saturated rings. The summed E-state index contributed by atoms with van der Waals surface area (Å²) < 4.78 is 0. The van der Waals surface area contributed by atoms with Crippen molar-refractivity contribution in [3.05, 3.63) is 29.3 Å². The van der Waals surface area contributed by atoms with E-state index in [-0.39, 0.29) is 24.1 Å². The average molecular weight is 276 g/mol. The van der Waals surface area contributed by atoms with Gasteiger partial charge in [0.1, 0.15) is 0 Å². The number of hydrogen-bond acceptors (Lipinski definition) is 3. The van der Waals surface area contributed by atoms with E-state index in [1.54, 1.807) is 12.1 Å². The molecule has 20 heavy (non-hydrogen) atoms. The van der Waals surface area contributed by atoms with Gasteiger partial charge in [-0.15, -0.1) is 0 Å². The first-order chi connectivity index (χ1) is 9.51. The Hall–Kier alpha value is -2.04. The molecule has 0 bridgehead atoms. The first-order valence-electron chi connectivity index (χ1n) is 6.91. The molecule has 2 rings (SSSR count). The second kappa shape index (κ2) is 5.94. The van der Waals surface area contributed by atoms with Crippen molar-refractivity contribution >= 4 is 17.6 Å². The van der Waals surface area contributed by atoms with Gasteiger partial charge in [-0.2, -0.15) is 0 Å². The molecule has 1 aromatic rings. The third-order valence-corrected chi connectivity index (χ3v) is 3.68. The van der Waals surface area contributed by atoms with Gasteiger partial charge in [0, 0.05) is 18.3 Å². The lowest BCUT2D eigenvalue weighted by molar-refractivity contribution is -0.120. The van der Waals surface area contributed by atoms with Gasteiger partial charge in [-0.05, 0) is 37.5 Å². The largest absolute Gasteiger partial charge is 0.478 e. The maximum atomic E-state index is 11.9. The molecule has 1 aliphatic heterocycles. The predicted molar refractivity (Wildman–Crippen MR) is 77.2 cm³/mol. The summed E-state index contributed by atoms with van der Waals surface area (Å²) in [6.45, 7) is 5.03. The summed E-state index contributed by atoms with van der Waals surface area (Å²) in [4.78, 5) is 24.9. The molecule has 1 aromatic carbocycles. The molecule has 0 radical (unpaired) electrons. The molecule has 108 valence electrons. The van der Waals surface area contributed by atoms with E-state index in [1.807, 2.05) is 24.8 Å². The maximum Gasteiger partial charge on any atom is 0.335 e. The van der Waals surface area contributed by atoms with E-state index >= 15 is 0 Å². The fourth-order valence-electron chi connectivity index (χ4n) is 2.34.